The molecule has 1 aromatic carbocycles. The molecular formula is C26H28F2N6O2. The van der Waals surface area contributed by atoms with E-state index in [9.17, 15) is 18.9 Å². The number of nitro benzene ring substituents is 1. The Bertz CT molecular complexity index is 1290. The largest absolute Gasteiger partial charge is 0.370 e. The Morgan fingerprint density at radius 1 is 0.889 bits per heavy atom. The van der Waals surface area contributed by atoms with E-state index < -0.39 is 5.92 Å². The van der Waals surface area contributed by atoms with Crippen LogP contribution in [0, 0.1) is 15.5 Å². The molecule has 0 amide bonds. The normalized spacial score (nSPS) is 20.5. The van der Waals surface area contributed by atoms with E-state index in [1.165, 1.54) is 18.9 Å². The molecule has 2 aromatic heterocycles. The first-order chi connectivity index (χ1) is 17.3. The molecule has 3 aliphatic rings. The quantitative estimate of drug-likeness (QED) is 0.346. The lowest BCUT2D eigenvalue weighted by Gasteiger charge is -2.34. The number of halogens is 2. The van der Waals surface area contributed by atoms with Crippen LogP contribution in [0.25, 0.3) is 16.9 Å². The van der Waals surface area contributed by atoms with Gasteiger partial charge >= 0.3 is 0 Å². The molecular weight excluding hydrogens is 466 g/mol. The number of alkyl halides is 2. The van der Waals surface area contributed by atoms with Crippen molar-refractivity contribution in [1.82, 2.24) is 14.8 Å². The first kappa shape index (κ1) is 22.9. The number of non-ortho nitro benzene ring substituents is 1. The van der Waals surface area contributed by atoms with E-state index >= 15 is 0 Å². The molecule has 6 rings (SSSR count). The van der Waals surface area contributed by atoms with Crippen molar-refractivity contribution in [2.45, 2.75) is 44.4 Å². The summed E-state index contributed by atoms with van der Waals surface area (Å²) >= 11 is 0. The molecule has 0 unspecified atom stereocenters. The number of hydrogen-bond donors (Lipinski definition) is 0. The molecule has 0 bridgehead atoms. The first-order valence-electron chi connectivity index (χ1n) is 12.5. The highest BCUT2D eigenvalue weighted by Crippen LogP contribution is 2.54. The average Bonchev–Trinajstić information content (AvgIpc) is 3.44. The maximum Gasteiger partial charge on any atom is 0.271 e. The summed E-state index contributed by atoms with van der Waals surface area (Å²) in [7, 11) is 0. The van der Waals surface area contributed by atoms with Crippen molar-refractivity contribution < 1.29 is 13.7 Å². The predicted octanol–water partition coefficient (Wildman–Crippen LogP) is 5.46. The molecule has 3 aromatic rings. The summed E-state index contributed by atoms with van der Waals surface area (Å²) in [5.74, 6) is -1.93. The Hall–Kier alpha value is -3.56. The molecule has 2 saturated heterocycles. The van der Waals surface area contributed by atoms with Crippen LogP contribution < -0.4 is 9.80 Å². The van der Waals surface area contributed by atoms with Crippen LogP contribution in [-0.2, 0) is 0 Å². The Morgan fingerprint density at radius 3 is 2.31 bits per heavy atom. The average molecular weight is 495 g/mol. The van der Waals surface area contributed by atoms with Crippen LogP contribution in [0.1, 0.15) is 38.5 Å². The molecule has 3 fully saturated rings. The fourth-order valence-electron chi connectivity index (χ4n) is 5.38. The number of nitro groups is 1. The van der Waals surface area contributed by atoms with Gasteiger partial charge in [-0.25, -0.2) is 18.4 Å². The highest BCUT2D eigenvalue weighted by atomic mass is 19.3. The zero-order valence-corrected chi connectivity index (χ0v) is 19.9. The number of nitrogens with zero attached hydrogens (tertiary/aromatic N) is 6. The minimum atomic E-state index is -2.61. The van der Waals surface area contributed by atoms with Gasteiger partial charge in [0.25, 0.3) is 11.6 Å². The van der Waals surface area contributed by atoms with Gasteiger partial charge in [0, 0.05) is 62.9 Å². The van der Waals surface area contributed by atoms with E-state index in [1.54, 1.807) is 23.0 Å². The van der Waals surface area contributed by atoms with Crippen LogP contribution >= 0.6 is 0 Å². The van der Waals surface area contributed by atoms with Crippen LogP contribution in [-0.4, -0.2) is 51.8 Å². The van der Waals surface area contributed by atoms with E-state index in [0.29, 0.717) is 16.9 Å². The third-order valence-electron chi connectivity index (χ3n) is 7.97. The molecule has 0 atom stereocenters. The lowest BCUT2D eigenvalue weighted by atomic mass is 9.93. The highest BCUT2D eigenvalue weighted by molar-refractivity contribution is 5.68. The summed E-state index contributed by atoms with van der Waals surface area (Å²) < 4.78 is 28.9. The van der Waals surface area contributed by atoms with E-state index in [-0.39, 0.29) is 36.5 Å². The lowest BCUT2D eigenvalue weighted by molar-refractivity contribution is -0.384. The number of benzene rings is 1. The molecule has 1 saturated carbocycles. The third-order valence-corrected chi connectivity index (χ3v) is 7.97. The SMILES string of the molecule is O=[N+]([O-])c1ccc(-n2cc(-c3cccc(N4CCC(F)(F)CC4)n3)cn2)c(N2CCC3(CC2)CC3)c1. The van der Waals surface area contributed by atoms with Crippen LogP contribution in [0.2, 0.25) is 0 Å². The maximum absolute atomic E-state index is 13.6. The zero-order valence-electron chi connectivity index (χ0n) is 19.9. The minimum absolute atomic E-state index is 0.0642. The first-order valence-corrected chi connectivity index (χ1v) is 12.5. The van der Waals surface area contributed by atoms with Gasteiger partial charge in [0.05, 0.1) is 28.2 Å². The zero-order chi connectivity index (χ0) is 24.9. The Balaban J connectivity index is 1.28. The monoisotopic (exact) mass is 494 g/mol. The fourth-order valence-corrected chi connectivity index (χ4v) is 5.38. The fraction of sp³-hybridized carbons (Fsp3) is 0.462. The van der Waals surface area contributed by atoms with E-state index in [0.717, 1.165) is 42.9 Å². The van der Waals surface area contributed by atoms with Gasteiger partial charge in [-0.1, -0.05) is 6.07 Å². The van der Waals surface area contributed by atoms with Crippen molar-refractivity contribution in [2.24, 2.45) is 5.41 Å². The van der Waals surface area contributed by atoms with Gasteiger partial charge in [-0.3, -0.25) is 10.1 Å². The van der Waals surface area contributed by atoms with Gasteiger partial charge in [0.15, 0.2) is 0 Å². The summed E-state index contributed by atoms with van der Waals surface area (Å²) in [6.45, 7) is 2.29. The number of hydrogen-bond acceptors (Lipinski definition) is 6. The van der Waals surface area contributed by atoms with Gasteiger partial charge in [-0.2, -0.15) is 5.10 Å². The third kappa shape index (κ3) is 4.40. The van der Waals surface area contributed by atoms with Crippen molar-refractivity contribution in [3.05, 3.63) is 58.9 Å². The summed E-state index contributed by atoms with van der Waals surface area (Å²) in [6, 6.07) is 10.5. The summed E-state index contributed by atoms with van der Waals surface area (Å²) in [6.07, 6.45) is 8.05. The summed E-state index contributed by atoms with van der Waals surface area (Å²) in [5.41, 5.74) is 3.65. The van der Waals surface area contributed by atoms with E-state index in [1.807, 2.05) is 29.3 Å². The second-order valence-electron chi connectivity index (χ2n) is 10.3. The van der Waals surface area contributed by atoms with Crippen molar-refractivity contribution >= 4 is 17.2 Å². The van der Waals surface area contributed by atoms with Crippen LogP contribution in [0.3, 0.4) is 0 Å². The molecule has 0 N–H and O–H groups in total. The maximum atomic E-state index is 13.6. The van der Waals surface area contributed by atoms with Crippen molar-refractivity contribution in [1.29, 1.82) is 0 Å². The van der Waals surface area contributed by atoms with Gasteiger partial charge in [-0.05, 0) is 49.3 Å². The predicted molar refractivity (Wildman–Crippen MR) is 133 cm³/mol. The second kappa shape index (κ2) is 8.53. The van der Waals surface area contributed by atoms with Crippen molar-refractivity contribution in [2.75, 3.05) is 36.0 Å². The van der Waals surface area contributed by atoms with Gasteiger partial charge in [-0.15, -0.1) is 0 Å². The van der Waals surface area contributed by atoms with Gasteiger partial charge in [0.1, 0.15) is 5.82 Å². The molecule has 1 spiro atoms. The molecule has 188 valence electrons. The molecule has 36 heavy (non-hydrogen) atoms. The summed E-state index contributed by atoms with van der Waals surface area (Å²) in [5, 5.41) is 16.1. The van der Waals surface area contributed by atoms with E-state index in [2.05, 4.69) is 10.00 Å². The molecule has 4 heterocycles. The minimum Gasteiger partial charge on any atom is -0.370 e. The number of anilines is 2. The number of aromatic nitrogens is 3. The Labute approximate surface area is 207 Å². The van der Waals surface area contributed by atoms with Crippen LogP contribution in [0.4, 0.5) is 26.0 Å². The molecule has 10 heteroatoms. The second-order valence-corrected chi connectivity index (χ2v) is 10.3. The van der Waals surface area contributed by atoms with Crippen LogP contribution in [0.5, 0.6) is 0 Å². The molecule has 1 aliphatic carbocycles. The number of piperidine rings is 2. The molecule has 8 nitrogen and oxygen atoms in total. The highest BCUT2D eigenvalue weighted by Gasteiger charge is 2.44. The van der Waals surface area contributed by atoms with Crippen LogP contribution in [0.15, 0.2) is 48.8 Å². The van der Waals surface area contributed by atoms with Gasteiger partial charge in [0.2, 0.25) is 0 Å². The topological polar surface area (TPSA) is 80.3 Å². The van der Waals surface area contributed by atoms with Crippen molar-refractivity contribution in [3.63, 3.8) is 0 Å². The smallest absolute Gasteiger partial charge is 0.271 e. The molecule has 0 radical (unpaired) electrons. The standard InChI is InChI=1S/C26H28F2N6O2/c27-26(28)10-14-32(15-11-26)24-3-1-2-21(30-24)19-17-29-33(18-19)22-5-4-20(34(35)36)16-23(22)31-12-8-25(6-7-25)9-13-31/h1-5,16-18H,6-15H2. The molecule has 2 aliphatic heterocycles. The Kier molecular flexibility index (Phi) is 5.42. The summed E-state index contributed by atoms with van der Waals surface area (Å²) in [4.78, 5) is 20.0. The lowest BCUT2D eigenvalue weighted by Crippen LogP contribution is -2.39. The number of pyridine rings is 1. The van der Waals surface area contributed by atoms with Gasteiger partial charge < -0.3 is 9.80 Å². The van der Waals surface area contributed by atoms with Crippen molar-refractivity contribution in [3.8, 4) is 16.9 Å². The Morgan fingerprint density at radius 2 is 1.61 bits per heavy atom. The van der Waals surface area contributed by atoms with E-state index in [4.69, 9.17) is 4.98 Å². The number of rotatable bonds is 5.